The Kier molecular flexibility index (Phi) is 3.92. The predicted molar refractivity (Wildman–Crippen MR) is 49.1 cm³/mol. The summed E-state index contributed by atoms with van der Waals surface area (Å²) >= 11 is 0. The van der Waals surface area contributed by atoms with Gasteiger partial charge < -0.3 is 14.9 Å². The van der Waals surface area contributed by atoms with E-state index >= 15 is 0 Å². The van der Waals surface area contributed by atoms with Gasteiger partial charge in [-0.2, -0.15) is 0 Å². The van der Waals surface area contributed by atoms with Crippen LogP contribution in [0.4, 0.5) is 0 Å². The van der Waals surface area contributed by atoms with E-state index in [0.717, 1.165) is 18.8 Å². The molecule has 0 aliphatic carbocycles. The molecule has 1 atom stereocenters. The lowest BCUT2D eigenvalue weighted by Crippen LogP contribution is -2.04. The van der Waals surface area contributed by atoms with Crippen molar-refractivity contribution >= 4 is 0 Å². The highest BCUT2D eigenvalue weighted by molar-refractivity contribution is 4.95. The summed E-state index contributed by atoms with van der Waals surface area (Å²) in [4.78, 5) is 4.02. The summed E-state index contributed by atoms with van der Waals surface area (Å²) in [5, 5.41) is 0. The molecule has 1 unspecified atom stereocenters. The van der Waals surface area contributed by atoms with E-state index in [4.69, 9.17) is 14.9 Å². The maximum Gasteiger partial charge on any atom is 0.211 e. The third-order valence-electron chi connectivity index (χ3n) is 1.55. The van der Waals surface area contributed by atoms with E-state index in [1.165, 1.54) is 0 Å². The largest absolute Gasteiger partial charge is 0.442 e. The summed E-state index contributed by atoms with van der Waals surface area (Å²) in [6, 6.07) is -0.153. The van der Waals surface area contributed by atoms with Crippen molar-refractivity contribution in [3.05, 3.63) is 17.8 Å². The zero-order chi connectivity index (χ0) is 9.68. The Morgan fingerprint density at radius 2 is 2.46 bits per heavy atom. The van der Waals surface area contributed by atoms with Gasteiger partial charge in [0.15, 0.2) is 0 Å². The number of oxazole rings is 1. The molecule has 0 radical (unpaired) electrons. The highest BCUT2D eigenvalue weighted by Gasteiger charge is 2.07. The number of nitrogens with zero attached hydrogens (tertiary/aromatic N) is 1. The van der Waals surface area contributed by atoms with Gasteiger partial charge in [-0.3, -0.25) is 0 Å². The molecule has 0 aliphatic heterocycles. The van der Waals surface area contributed by atoms with Gasteiger partial charge in [0.2, 0.25) is 5.89 Å². The molecule has 1 rings (SSSR count). The molecule has 74 valence electrons. The molecule has 1 heterocycles. The van der Waals surface area contributed by atoms with Crippen LogP contribution in [0.1, 0.15) is 38.0 Å². The lowest BCUT2D eigenvalue weighted by atomic mass is 10.4. The molecule has 0 saturated carbocycles. The normalized spacial score (nSPS) is 13.2. The Balaban J connectivity index is 2.40. The summed E-state index contributed by atoms with van der Waals surface area (Å²) in [6.45, 7) is 5.12. The zero-order valence-electron chi connectivity index (χ0n) is 8.12. The van der Waals surface area contributed by atoms with Gasteiger partial charge in [0.25, 0.3) is 0 Å². The van der Waals surface area contributed by atoms with Crippen molar-refractivity contribution in [2.24, 2.45) is 5.73 Å². The summed E-state index contributed by atoms with van der Waals surface area (Å²) in [6.07, 6.45) is 2.67. The van der Waals surface area contributed by atoms with Crippen LogP contribution in [0.15, 0.2) is 10.6 Å². The topological polar surface area (TPSA) is 61.3 Å². The monoisotopic (exact) mass is 184 g/mol. The first-order valence-electron chi connectivity index (χ1n) is 4.52. The van der Waals surface area contributed by atoms with Gasteiger partial charge in [-0.1, -0.05) is 6.92 Å². The first-order valence-corrected chi connectivity index (χ1v) is 4.52. The highest BCUT2D eigenvalue weighted by Crippen LogP contribution is 2.10. The smallest absolute Gasteiger partial charge is 0.211 e. The van der Waals surface area contributed by atoms with Crippen molar-refractivity contribution in [3.8, 4) is 0 Å². The summed E-state index contributed by atoms with van der Waals surface area (Å²) in [7, 11) is 0. The lowest BCUT2D eigenvalue weighted by Gasteiger charge is -1.99. The molecule has 13 heavy (non-hydrogen) atoms. The van der Waals surface area contributed by atoms with Crippen LogP contribution in [0, 0.1) is 0 Å². The van der Waals surface area contributed by atoms with Crippen LogP contribution in [0.3, 0.4) is 0 Å². The zero-order valence-corrected chi connectivity index (χ0v) is 8.12. The van der Waals surface area contributed by atoms with E-state index in [9.17, 15) is 0 Å². The molecule has 0 aromatic carbocycles. The molecule has 1 aromatic rings. The summed E-state index contributed by atoms with van der Waals surface area (Å²) in [5.74, 6) is 1.30. The molecule has 0 fully saturated rings. The van der Waals surface area contributed by atoms with Crippen LogP contribution in [0.5, 0.6) is 0 Å². The van der Waals surface area contributed by atoms with Crippen LogP contribution >= 0.6 is 0 Å². The Hall–Kier alpha value is -0.870. The molecular formula is C9H16N2O2. The molecule has 0 saturated heterocycles. The lowest BCUT2D eigenvalue weighted by molar-refractivity contribution is 0.105. The minimum absolute atomic E-state index is 0.153. The quantitative estimate of drug-likeness (QED) is 0.706. The summed E-state index contributed by atoms with van der Waals surface area (Å²) < 4.78 is 10.6. The van der Waals surface area contributed by atoms with E-state index in [0.29, 0.717) is 12.5 Å². The van der Waals surface area contributed by atoms with Crippen molar-refractivity contribution in [2.75, 3.05) is 6.61 Å². The van der Waals surface area contributed by atoms with E-state index in [1.54, 1.807) is 6.20 Å². The van der Waals surface area contributed by atoms with Crippen LogP contribution in [0.2, 0.25) is 0 Å². The van der Waals surface area contributed by atoms with Crippen molar-refractivity contribution in [2.45, 2.75) is 32.9 Å². The highest BCUT2D eigenvalue weighted by atomic mass is 16.5. The van der Waals surface area contributed by atoms with Crippen molar-refractivity contribution in [3.63, 3.8) is 0 Å². The van der Waals surface area contributed by atoms with Gasteiger partial charge in [-0.25, -0.2) is 4.98 Å². The number of aromatic nitrogens is 1. The maximum absolute atomic E-state index is 5.58. The van der Waals surface area contributed by atoms with Crippen LogP contribution in [-0.4, -0.2) is 11.6 Å². The van der Waals surface area contributed by atoms with Crippen molar-refractivity contribution in [1.29, 1.82) is 0 Å². The predicted octanol–water partition coefficient (Wildman–Crippen LogP) is 1.62. The SMILES string of the molecule is CCCOCc1cnc(C(C)N)o1. The standard InChI is InChI=1S/C9H16N2O2/c1-3-4-12-6-8-5-11-9(13-8)7(2)10/h5,7H,3-4,6,10H2,1-2H3. The third kappa shape index (κ3) is 3.16. The van der Waals surface area contributed by atoms with Gasteiger partial charge in [-0.05, 0) is 13.3 Å². The average molecular weight is 184 g/mol. The number of ether oxygens (including phenoxy) is 1. The first kappa shape index (κ1) is 10.2. The number of rotatable bonds is 5. The fourth-order valence-corrected chi connectivity index (χ4v) is 0.917. The Morgan fingerprint density at radius 3 is 3.00 bits per heavy atom. The molecule has 2 N–H and O–H groups in total. The van der Waals surface area contributed by atoms with Gasteiger partial charge >= 0.3 is 0 Å². The van der Waals surface area contributed by atoms with Gasteiger partial charge in [0.05, 0.1) is 12.2 Å². The first-order chi connectivity index (χ1) is 6.24. The van der Waals surface area contributed by atoms with Crippen LogP contribution < -0.4 is 5.73 Å². The van der Waals surface area contributed by atoms with E-state index in [1.807, 2.05) is 6.92 Å². The molecule has 4 nitrogen and oxygen atoms in total. The Bertz CT molecular complexity index is 246. The molecule has 4 heteroatoms. The van der Waals surface area contributed by atoms with Crippen molar-refractivity contribution in [1.82, 2.24) is 4.98 Å². The second kappa shape index (κ2) is 4.99. The van der Waals surface area contributed by atoms with E-state index in [-0.39, 0.29) is 6.04 Å². The number of hydrogen-bond donors (Lipinski definition) is 1. The second-order valence-electron chi connectivity index (χ2n) is 3.01. The Morgan fingerprint density at radius 1 is 1.69 bits per heavy atom. The third-order valence-corrected chi connectivity index (χ3v) is 1.55. The number of nitrogens with two attached hydrogens (primary N) is 1. The molecular weight excluding hydrogens is 168 g/mol. The van der Waals surface area contributed by atoms with Gasteiger partial charge in [0.1, 0.15) is 12.4 Å². The molecule has 1 aromatic heterocycles. The van der Waals surface area contributed by atoms with Crippen LogP contribution in [-0.2, 0) is 11.3 Å². The van der Waals surface area contributed by atoms with Gasteiger partial charge in [-0.15, -0.1) is 0 Å². The van der Waals surface area contributed by atoms with Crippen LogP contribution in [0.25, 0.3) is 0 Å². The minimum atomic E-state index is -0.153. The molecule has 0 bridgehead atoms. The summed E-state index contributed by atoms with van der Waals surface area (Å²) in [5.41, 5.74) is 5.58. The van der Waals surface area contributed by atoms with Gasteiger partial charge in [0, 0.05) is 6.61 Å². The Labute approximate surface area is 78.1 Å². The molecule has 0 spiro atoms. The second-order valence-corrected chi connectivity index (χ2v) is 3.01. The van der Waals surface area contributed by atoms with E-state index in [2.05, 4.69) is 11.9 Å². The molecule has 0 aliphatic rings. The maximum atomic E-state index is 5.58. The minimum Gasteiger partial charge on any atom is -0.442 e. The van der Waals surface area contributed by atoms with Crippen molar-refractivity contribution < 1.29 is 9.15 Å². The fourth-order valence-electron chi connectivity index (χ4n) is 0.917. The van der Waals surface area contributed by atoms with E-state index < -0.39 is 0 Å². The molecule has 0 amide bonds. The fraction of sp³-hybridized carbons (Fsp3) is 0.667. The number of hydrogen-bond acceptors (Lipinski definition) is 4. The average Bonchev–Trinajstić information content (AvgIpc) is 2.53.